The number of carbonyl (C=O) groups is 2. The molecule has 0 unspecified atom stereocenters. The summed E-state index contributed by atoms with van der Waals surface area (Å²) in [6.45, 7) is 7.89. The van der Waals surface area contributed by atoms with E-state index in [1.54, 1.807) is 0 Å². The second-order valence-corrected chi connectivity index (χ2v) is 7.88. The van der Waals surface area contributed by atoms with Crippen LogP contribution in [-0.2, 0) is 4.79 Å². The standard InChI is InChI=1S/C20H21ClN2O2S/c1-5-12(2)23-19(24)18(26-20(23)25)11-15-10-13(3)22(14(15)4)17-8-6-16(21)7-9-17/h6-12H,5H2,1-4H3/b18-11-/t12-/m0/s1. The molecule has 136 valence electrons. The minimum atomic E-state index is -0.203. The summed E-state index contributed by atoms with van der Waals surface area (Å²) in [5.41, 5.74) is 4.02. The molecule has 2 heterocycles. The Balaban J connectivity index is 1.98. The quantitative estimate of drug-likeness (QED) is 0.642. The van der Waals surface area contributed by atoms with Crippen molar-refractivity contribution in [2.24, 2.45) is 0 Å². The fraction of sp³-hybridized carbons (Fsp3) is 0.300. The maximum atomic E-state index is 12.6. The van der Waals surface area contributed by atoms with Crippen LogP contribution in [-0.4, -0.2) is 26.7 Å². The normalized spacial score (nSPS) is 17.4. The molecule has 0 spiro atoms. The van der Waals surface area contributed by atoms with Crippen molar-refractivity contribution >= 4 is 40.6 Å². The Labute approximate surface area is 162 Å². The van der Waals surface area contributed by atoms with Gasteiger partial charge in [-0.2, -0.15) is 0 Å². The zero-order chi connectivity index (χ0) is 19.0. The van der Waals surface area contributed by atoms with Crippen LogP contribution in [0.25, 0.3) is 11.8 Å². The van der Waals surface area contributed by atoms with Gasteiger partial charge in [-0.25, -0.2) is 0 Å². The first-order valence-electron chi connectivity index (χ1n) is 8.55. The predicted octanol–water partition coefficient (Wildman–Crippen LogP) is 5.58. The van der Waals surface area contributed by atoms with Crippen molar-refractivity contribution in [2.75, 3.05) is 0 Å². The number of benzene rings is 1. The van der Waals surface area contributed by atoms with Gasteiger partial charge in [-0.3, -0.25) is 14.5 Å². The average molecular weight is 389 g/mol. The molecule has 0 N–H and O–H groups in total. The topological polar surface area (TPSA) is 42.3 Å². The summed E-state index contributed by atoms with van der Waals surface area (Å²) in [4.78, 5) is 26.7. The number of rotatable bonds is 4. The van der Waals surface area contributed by atoms with Crippen LogP contribution in [0.5, 0.6) is 0 Å². The van der Waals surface area contributed by atoms with Crippen LogP contribution in [0.3, 0.4) is 0 Å². The van der Waals surface area contributed by atoms with Gasteiger partial charge in [-0.15, -0.1) is 0 Å². The van der Waals surface area contributed by atoms with E-state index in [0.29, 0.717) is 9.93 Å². The summed E-state index contributed by atoms with van der Waals surface area (Å²) in [6.07, 6.45) is 2.57. The van der Waals surface area contributed by atoms with E-state index < -0.39 is 0 Å². The molecule has 1 aromatic carbocycles. The van der Waals surface area contributed by atoms with Crippen molar-refractivity contribution in [3.05, 3.63) is 57.2 Å². The van der Waals surface area contributed by atoms with Crippen LogP contribution < -0.4 is 0 Å². The van der Waals surface area contributed by atoms with Crippen LogP contribution in [0.2, 0.25) is 5.02 Å². The molecule has 1 aromatic heterocycles. The highest BCUT2D eigenvalue weighted by atomic mass is 35.5. The van der Waals surface area contributed by atoms with Gasteiger partial charge < -0.3 is 4.57 Å². The number of hydrogen-bond donors (Lipinski definition) is 0. The predicted molar refractivity (Wildman–Crippen MR) is 108 cm³/mol. The van der Waals surface area contributed by atoms with Crippen LogP contribution in [0, 0.1) is 13.8 Å². The molecule has 26 heavy (non-hydrogen) atoms. The Kier molecular flexibility index (Phi) is 5.30. The molecule has 2 amide bonds. The molecule has 2 aromatic rings. The second kappa shape index (κ2) is 7.33. The first-order chi connectivity index (χ1) is 12.3. The first-order valence-corrected chi connectivity index (χ1v) is 9.74. The summed E-state index contributed by atoms with van der Waals surface area (Å²) >= 11 is 7.00. The monoisotopic (exact) mass is 388 g/mol. The molecule has 1 fully saturated rings. The summed E-state index contributed by atoms with van der Waals surface area (Å²) < 4.78 is 2.11. The Bertz CT molecular complexity index is 899. The molecule has 1 aliphatic heterocycles. The van der Waals surface area contributed by atoms with E-state index in [0.717, 1.165) is 40.8 Å². The number of hydrogen-bond acceptors (Lipinski definition) is 3. The van der Waals surface area contributed by atoms with Gasteiger partial charge in [0.2, 0.25) is 0 Å². The highest BCUT2D eigenvalue weighted by molar-refractivity contribution is 8.18. The van der Waals surface area contributed by atoms with Gasteiger partial charge in [-0.1, -0.05) is 18.5 Å². The number of thioether (sulfide) groups is 1. The summed E-state index contributed by atoms with van der Waals surface area (Å²) in [7, 11) is 0. The Morgan fingerprint density at radius 3 is 2.46 bits per heavy atom. The minimum Gasteiger partial charge on any atom is -0.318 e. The summed E-state index contributed by atoms with van der Waals surface area (Å²) in [5, 5.41) is 0.497. The van der Waals surface area contributed by atoms with Crippen LogP contribution in [0.1, 0.15) is 37.2 Å². The maximum Gasteiger partial charge on any atom is 0.293 e. The van der Waals surface area contributed by atoms with Gasteiger partial charge in [0.1, 0.15) is 0 Å². The van der Waals surface area contributed by atoms with Gasteiger partial charge in [0.25, 0.3) is 11.1 Å². The van der Waals surface area contributed by atoms with E-state index in [2.05, 4.69) is 4.57 Å². The van der Waals surface area contributed by atoms with Gasteiger partial charge in [0, 0.05) is 28.1 Å². The van der Waals surface area contributed by atoms with E-state index in [1.165, 1.54) is 4.90 Å². The lowest BCUT2D eigenvalue weighted by Crippen LogP contribution is -2.36. The molecule has 1 saturated heterocycles. The molecule has 6 heteroatoms. The third kappa shape index (κ3) is 3.33. The van der Waals surface area contributed by atoms with Gasteiger partial charge in [0.05, 0.1) is 4.91 Å². The maximum absolute atomic E-state index is 12.6. The smallest absolute Gasteiger partial charge is 0.293 e. The van der Waals surface area contributed by atoms with Crippen LogP contribution in [0.15, 0.2) is 35.2 Å². The van der Waals surface area contributed by atoms with Crippen LogP contribution >= 0.6 is 23.4 Å². The number of carbonyl (C=O) groups excluding carboxylic acids is 2. The molecule has 3 rings (SSSR count). The lowest BCUT2D eigenvalue weighted by Gasteiger charge is -2.19. The molecule has 0 radical (unpaired) electrons. The highest BCUT2D eigenvalue weighted by Gasteiger charge is 2.37. The van der Waals surface area contributed by atoms with Crippen LogP contribution in [0.4, 0.5) is 4.79 Å². The van der Waals surface area contributed by atoms with Crippen molar-refractivity contribution in [1.29, 1.82) is 0 Å². The van der Waals surface area contributed by atoms with E-state index in [9.17, 15) is 9.59 Å². The Morgan fingerprint density at radius 1 is 1.19 bits per heavy atom. The van der Waals surface area contributed by atoms with Gasteiger partial charge in [0.15, 0.2) is 0 Å². The molecule has 0 saturated carbocycles. The molecule has 1 aliphatic rings. The fourth-order valence-electron chi connectivity index (χ4n) is 3.10. The van der Waals surface area contributed by atoms with Crippen molar-refractivity contribution in [3.63, 3.8) is 0 Å². The largest absolute Gasteiger partial charge is 0.318 e. The molecular weight excluding hydrogens is 368 g/mol. The number of amides is 2. The van der Waals surface area contributed by atoms with Gasteiger partial charge >= 0.3 is 0 Å². The van der Waals surface area contributed by atoms with Crippen molar-refractivity contribution in [2.45, 2.75) is 40.2 Å². The average Bonchev–Trinajstić information content (AvgIpc) is 3.04. The number of halogens is 1. The number of aryl methyl sites for hydroxylation is 1. The second-order valence-electron chi connectivity index (χ2n) is 6.45. The summed E-state index contributed by atoms with van der Waals surface area (Å²) in [5.74, 6) is -0.203. The van der Waals surface area contributed by atoms with E-state index >= 15 is 0 Å². The minimum absolute atomic E-state index is 0.0881. The zero-order valence-electron chi connectivity index (χ0n) is 15.2. The van der Waals surface area contributed by atoms with E-state index in [-0.39, 0.29) is 17.2 Å². The zero-order valence-corrected chi connectivity index (χ0v) is 16.8. The third-order valence-corrected chi connectivity index (χ3v) is 5.83. The SMILES string of the molecule is CC[C@H](C)N1C(=O)S/C(=C\c2cc(C)n(-c3ccc(Cl)cc3)c2C)C1=O. The lowest BCUT2D eigenvalue weighted by atomic mass is 10.2. The van der Waals surface area contributed by atoms with E-state index in [4.69, 9.17) is 11.6 Å². The lowest BCUT2D eigenvalue weighted by molar-refractivity contribution is -0.124. The highest BCUT2D eigenvalue weighted by Crippen LogP contribution is 2.35. The molecule has 0 bridgehead atoms. The van der Waals surface area contributed by atoms with E-state index in [1.807, 2.05) is 64.1 Å². The van der Waals surface area contributed by atoms with Crippen molar-refractivity contribution in [1.82, 2.24) is 9.47 Å². The first kappa shape index (κ1) is 18.8. The van der Waals surface area contributed by atoms with Gasteiger partial charge in [-0.05, 0) is 80.9 Å². The number of aromatic nitrogens is 1. The molecule has 0 aliphatic carbocycles. The molecule has 1 atom stereocenters. The van der Waals surface area contributed by atoms with Crippen molar-refractivity contribution < 1.29 is 9.59 Å². The number of nitrogens with zero attached hydrogens (tertiary/aromatic N) is 2. The fourth-order valence-corrected chi connectivity index (χ4v) is 4.15. The molecule has 4 nitrogen and oxygen atoms in total. The Morgan fingerprint density at radius 2 is 1.85 bits per heavy atom. The Hall–Kier alpha value is -1.98. The van der Waals surface area contributed by atoms with Crippen molar-refractivity contribution in [3.8, 4) is 5.69 Å². The summed E-state index contributed by atoms with van der Waals surface area (Å²) in [6, 6.07) is 9.57. The molecular formula is C20H21ClN2O2S. The third-order valence-electron chi connectivity index (χ3n) is 4.70. The number of imide groups is 1.